The SMILES string of the molecule is NC(=O)N1CCC(Nc2ccc(-n3nccn3)cc2)CC1. The molecule has 7 heteroatoms. The number of nitrogens with two attached hydrogens (primary N) is 1. The number of rotatable bonds is 3. The fourth-order valence-electron chi connectivity index (χ4n) is 2.52. The number of hydrogen-bond acceptors (Lipinski definition) is 4. The van der Waals surface area contributed by atoms with Crippen LogP contribution in [-0.2, 0) is 0 Å². The predicted octanol–water partition coefficient (Wildman–Crippen LogP) is 1.22. The van der Waals surface area contributed by atoms with Crippen LogP contribution in [0.15, 0.2) is 36.7 Å². The summed E-state index contributed by atoms with van der Waals surface area (Å²) in [5.41, 5.74) is 7.26. The van der Waals surface area contributed by atoms with Gasteiger partial charge >= 0.3 is 6.03 Å². The van der Waals surface area contributed by atoms with E-state index < -0.39 is 0 Å². The van der Waals surface area contributed by atoms with Crippen molar-refractivity contribution in [3.63, 3.8) is 0 Å². The van der Waals surface area contributed by atoms with Crippen LogP contribution in [0.25, 0.3) is 5.69 Å². The molecule has 0 bridgehead atoms. The third-order valence-electron chi connectivity index (χ3n) is 3.69. The number of benzene rings is 1. The third kappa shape index (κ3) is 3.13. The lowest BCUT2D eigenvalue weighted by Gasteiger charge is -2.31. The van der Waals surface area contributed by atoms with Crippen molar-refractivity contribution in [2.24, 2.45) is 5.73 Å². The molecule has 3 N–H and O–H groups in total. The number of nitrogens with one attached hydrogen (secondary N) is 1. The van der Waals surface area contributed by atoms with Crippen molar-refractivity contribution in [3.8, 4) is 5.69 Å². The van der Waals surface area contributed by atoms with Crippen LogP contribution in [0.1, 0.15) is 12.8 Å². The Kier molecular flexibility index (Phi) is 3.72. The minimum absolute atomic E-state index is 0.329. The lowest BCUT2D eigenvalue weighted by atomic mass is 10.0. The molecule has 1 aromatic carbocycles. The quantitative estimate of drug-likeness (QED) is 0.888. The van der Waals surface area contributed by atoms with Gasteiger partial charge < -0.3 is 16.0 Å². The summed E-state index contributed by atoms with van der Waals surface area (Å²) in [6, 6.07) is 8.01. The Balaban J connectivity index is 1.58. The lowest BCUT2D eigenvalue weighted by Crippen LogP contribution is -2.44. The van der Waals surface area contributed by atoms with E-state index in [4.69, 9.17) is 5.73 Å². The molecule has 110 valence electrons. The van der Waals surface area contributed by atoms with E-state index in [2.05, 4.69) is 15.5 Å². The van der Waals surface area contributed by atoms with Crippen molar-refractivity contribution in [2.75, 3.05) is 18.4 Å². The fourth-order valence-corrected chi connectivity index (χ4v) is 2.52. The number of anilines is 1. The first-order valence-corrected chi connectivity index (χ1v) is 7.00. The first-order chi connectivity index (χ1) is 10.2. The first-order valence-electron chi connectivity index (χ1n) is 7.00. The maximum Gasteiger partial charge on any atom is 0.314 e. The van der Waals surface area contributed by atoms with E-state index in [1.807, 2.05) is 24.3 Å². The summed E-state index contributed by atoms with van der Waals surface area (Å²) in [7, 11) is 0. The zero-order valence-electron chi connectivity index (χ0n) is 11.6. The topological polar surface area (TPSA) is 89.1 Å². The van der Waals surface area contributed by atoms with Crippen LogP contribution in [0.5, 0.6) is 0 Å². The number of amides is 2. The summed E-state index contributed by atoms with van der Waals surface area (Å²) < 4.78 is 0. The maximum absolute atomic E-state index is 11.1. The van der Waals surface area contributed by atoms with E-state index in [9.17, 15) is 4.79 Å². The van der Waals surface area contributed by atoms with Crippen LogP contribution in [0.3, 0.4) is 0 Å². The standard InChI is InChI=1S/C14H18N6O/c15-14(21)19-9-5-12(6-10-19)18-11-1-3-13(4-2-11)20-16-7-8-17-20/h1-4,7-8,12,18H,5-6,9-10H2,(H2,15,21). The molecule has 3 rings (SSSR count). The Labute approximate surface area is 122 Å². The molecule has 1 saturated heterocycles. The van der Waals surface area contributed by atoms with E-state index >= 15 is 0 Å². The molecule has 0 aliphatic carbocycles. The Morgan fingerprint density at radius 3 is 2.33 bits per heavy atom. The van der Waals surface area contributed by atoms with Crippen LogP contribution in [-0.4, -0.2) is 45.1 Å². The van der Waals surface area contributed by atoms with Crippen molar-refractivity contribution in [3.05, 3.63) is 36.7 Å². The molecule has 1 aromatic heterocycles. The number of nitrogens with zero attached hydrogens (tertiary/aromatic N) is 4. The van der Waals surface area contributed by atoms with Crippen molar-refractivity contribution in [1.82, 2.24) is 19.9 Å². The number of aromatic nitrogens is 3. The van der Waals surface area contributed by atoms with Gasteiger partial charge in [-0.2, -0.15) is 15.0 Å². The van der Waals surface area contributed by atoms with Gasteiger partial charge in [-0.15, -0.1) is 0 Å². The molecule has 2 amide bonds. The molecule has 1 aliphatic heterocycles. The Morgan fingerprint density at radius 2 is 1.76 bits per heavy atom. The number of piperidine rings is 1. The van der Waals surface area contributed by atoms with Gasteiger partial charge in [0.05, 0.1) is 18.1 Å². The number of carbonyl (C=O) groups excluding carboxylic acids is 1. The number of hydrogen-bond donors (Lipinski definition) is 2. The fraction of sp³-hybridized carbons (Fsp3) is 0.357. The summed E-state index contributed by atoms with van der Waals surface area (Å²) >= 11 is 0. The van der Waals surface area contributed by atoms with Gasteiger partial charge in [0, 0.05) is 24.8 Å². The second kappa shape index (κ2) is 5.82. The normalized spacial score (nSPS) is 15.9. The number of primary amides is 1. The largest absolute Gasteiger partial charge is 0.382 e. The van der Waals surface area contributed by atoms with Gasteiger partial charge in [0.2, 0.25) is 0 Å². The van der Waals surface area contributed by atoms with Crippen LogP contribution >= 0.6 is 0 Å². The number of urea groups is 1. The van der Waals surface area contributed by atoms with Gasteiger partial charge in [0.15, 0.2) is 0 Å². The molecular weight excluding hydrogens is 268 g/mol. The highest BCUT2D eigenvalue weighted by Crippen LogP contribution is 2.18. The van der Waals surface area contributed by atoms with E-state index in [1.54, 1.807) is 22.1 Å². The van der Waals surface area contributed by atoms with Crippen molar-refractivity contribution < 1.29 is 4.79 Å². The van der Waals surface area contributed by atoms with E-state index in [-0.39, 0.29) is 6.03 Å². The molecule has 0 unspecified atom stereocenters. The Morgan fingerprint density at radius 1 is 1.14 bits per heavy atom. The monoisotopic (exact) mass is 286 g/mol. The first kappa shape index (κ1) is 13.4. The van der Waals surface area contributed by atoms with Gasteiger partial charge in [0.25, 0.3) is 0 Å². The van der Waals surface area contributed by atoms with Gasteiger partial charge in [-0.05, 0) is 37.1 Å². The van der Waals surface area contributed by atoms with Gasteiger partial charge in [-0.1, -0.05) is 0 Å². The highest BCUT2D eigenvalue weighted by molar-refractivity contribution is 5.72. The average Bonchev–Trinajstić information content (AvgIpc) is 3.03. The minimum Gasteiger partial charge on any atom is -0.382 e. The smallest absolute Gasteiger partial charge is 0.314 e. The minimum atomic E-state index is -0.329. The molecule has 0 radical (unpaired) electrons. The van der Waals surface area contributed by atoms with Crippen LogP contribution < -0.4 is 11.1 Å². The summed E-state index contributed by atoms with van der Waals surface area (Å²) in [5.74, 6) is 0. The molecule has 0 spiro atoms. The molecule has 1 fully saturated rings. The highest BCUT2D eigenvalue weighted by Gasteiger charge is 2.20. The van der Waals surface area contributed by atoms with Crippen LogP contribution in [0, 0.1) is 0 Å². The van der Waals surface area contributed by atoms with Gasteiger partial charge in [0.1, 0.15) is 0 Å². The molecule has 0 saturated carbocycles. The molecular formula is C14H18N6O. The predicted molar refractivity (Wildman–Crippen MR) is 79.2 cm³/mol. The summed E-state index contributed by atoms with van der Waals surface area (Å²) in [5, 5.41) is 11.7. The third-order valence-corrected chi connectivity index (χ3v) is 3.69. The molecule has 21 heavy (non-hydrogen) atoms. The Hall–Kier alpha value is -2.57. The van der Waals surface area contributed by atoms with E-state index in [0.717, 1.165) is 24.2 Å². The second-order valence-electron chi connectivity index (χ2n) is 5.11. The number of carbonyl (C=O) groups is 1. The van der Waals surface area contributed by atoms with Crippen molar-refractivity contribution in [2.45, 2.75) is 18.9 Å². The summed E-state index contributed by atoms with van der Waals surface area (Å²) in [4.78, 5) is 14.3. The zero-order valence-corrected chi connectivity index (χ0v) is 11.6. The molecule has 2 heterocycles. The van der Waals surface area contributed by atoms with E-state index in [0.29, 0.717) is 19.1 Å². The molecule has 0 atom stereocenters. The van der Waals surface area contributed by atoms with Gasteiger partial charge in [-0.3, -0.25) is 0 Å². The zero-order chi connectivity index (χ0) is 14.7. The molecule has 2 aromatic rings. The van der Waals surface area contributed by atoms with Crippen molar-refractivity contribution >= 4 is 11.7 Å². The average molecular weight is 286 g/mol. The second-order valence-corrected chi connectivity index (χ2v) is 5.11. The summed E-state index contributed by atoms with van der Waals surface area (Å²) in [6.07, 6.45) is 5.12. The Bertz CT molecular complexity index is 586. The highest BCUT2D eigenvalue weighted by atomic mass is 16.2. The van der Waals surface area contributed by atoms with Gasteiger partial charge in [-0.25, -0.2) is 4.79 Å². The summed E-state index contributed by atoms with van der Waals surface area (Å²) in [6.45, 7) is 1.42. The number of likely N-dealkylation sites (tertiary alicyclic amines) is 1. The van der Waals surface area contributed by atoms with Crippen LogP contribution in [0.4, 0.5) is 10.5 Å². The molecule has 1 aliphatic rings. The maximum atomic E-state index is 11.1. The molecule has 7 nitrogen and oxygen atoms in total. The van der Waals surface area contributed by atoms with Crippen molar-refractivity contribution in [1.29, 1.82) is 0 Å². The van der Waals surface area contributed by atoms with E-state index in [1.165, 1.54) is 0 Å². The van der Waals surface area contributed by atoms with Crippen LogP contribution in [0.2, 0.25) is 0 Å². The lowest BCUT2D eigenvalue weighted by molar-refractivity contribution is 0.193.